The lowest BCUT2D eigenvalue weighted by Crippen LogP contribution is -2.38. The first-order valence-electron chi connectivity index (χ1n) is 2.77. The average molecular weight is 216 g/mol. The highest BCUT2D eigenvalue weighted by Crippen LogP contribution is 2.01. The molecule has 1 N–H and O–H groups in total. The Bertz CT molecular complexity index is 257. The predicted molar refractivity (Wildman–Crippen MR) is 41.8 cm³/mol. The van der Waals surface area contributed by atoms with Gasteiger partial charge in [0, 0.05) is 6.20 Å². The fourth-order valence-electron chi connectivity index (χ4n) is 0.575. The largest absolute Gasteiger partial charge is 0.347 e. The van der Waals surface area contributed by atoms with Crippen LogP contribution in [0.15, 0.2) is 22.8 Å². The van der Waals surface area contributed by atoms with Crippen LogP contribution in [0.4, 0.5) is 4.79 Å². The van der Waals surface area contributed by atoms with Gasteiger partial charge in [-0.05, 0) is 11.1 Å². The van der Waals surface area contributed by atoms with Crippen molar-refractivity contribution in [3.8, 4) is 0 Å². The molecular formula is C6H4BrN2O2. The standard InChI is InChI=1S/C6H4BrN2O2/c7-2-1-4-3-8-6(11)9-5(4)10/h1-3H,(H,9,10,11). The number of nitrogens with zero attached hydrogens (tertiary/aromatic N) is 1. The summed E-state index contributed by atoms with van der Waals surface area (Å²) in [7, 11) is 0. The van der Waals surface area contributed by atoms with E-state index in [2.05, 4.69) is 21.2 Å². The number of hydrogen-bond acceptors (Lipinski definition) is 2. The van der Waals surface area contributed by atoms with Crippen molar-refractivity contribution in [3.05, 3.63) is 22.8 Å². The predicted octanol–water partition coefficient (Wildman–Crippen LogP) is 0.633. The Morgan fingerprint density at radius 2 is 2.27 bits per heavy atom. The summed E-state index contributed by atoms with van der Waals surface area (Å²) in [6.45, 7) is 0. The Kier molecular flexibility index (Phi) is 2.43. The molecule has 0 saturated heterocycles. The van der Waals surface area contributed by atoms with Crippen molar-refractivity contribution in [1.29, 1.82) is 0 Å². The van der Waals surface area contributed by atoms with Crippen molar-refractivity contribution in [1.82, 2.24) is 10.6 Å². The summed E-state index contributed by atoms with van der Waals surface area (Å²) < 4.78 is 0. The van der Waals surface area contributed by atoms with E-state index in [1.54, 1.807) is 0 Å². The van der Waals surface area contributed by atoms with Gasteiger partial charge < -0.3 is 0 Å². The Balaban J connectivity index is 2.80. The molecule has 0 aliphatic carbocycles. The number of imide groups is 1. The van der Waals surface area contributed by atoms with Crippen LogP contribution in [0.2, 0.25) is 0 Å². The molecule has 0 aromatic carbocycles. The van der Waals surface area contributed by atoms with E-state index in [4.69, 9.17) is 0 Å². The number of halogens is 1. The highest BCUT2D eigenvalue weighted by Gasteiger charge is 2.16. The molecular weight excluding hydrogens is 212 g/mol. The first kappa shape index (κ1) is 8.00. The van der Waals surface area contributed by atoms with E-state index >= 15 is 0 Å². The van der Waals surface area contributed by atoms with Crippen LogP contribution in [0.5, 0.6) is 0 Å². The highest BCUT2D eigenvalue weighted by atomic mass is 79.9. The molecule has 1 rings (SSSR count). The van der Waals surface area contributed by atoms with Gasteiger partial charge in [0.15, 0.2) is 0 Å². The van der Waals surface area contributed by atoms with Gasteiger partial charge >= 0.3 is 6.03 Å². The molecule has 1 radical (unpaired) electrons. The van der Waals surface area contributed by atoms with E-state index in [0.717, 1.165) is 0 Å². The van der Waals surface area contributed by atoms with Gasteiger partial charge in [-0.3, -0.25) is 10.1 Å². The minimum Gasteiger partial charge on any atom is -0.272 e. The molecule has 0 atom stereocenters. The van der Waals surface area contributed by atoms with Gasteiger partial charge in [-0.1, -0.05) is 15.9 Å². The molecule has 1 aliphatic heterocycles. The van der Waals surface area contributed by atoms with Crippen molar-refractivity contribution < 1.29 is 9.59 Å². The van der Waals surface area contributed by atoms with E-state index in [1.807, 2.05) is 5.32 Å². The first-order valence-corrected chi connectivity index (χ1v) is 3.68. The molecule has 0 aromatic rings. The summed E-state index contributed by atoms with van der Waals surface area (Å²) in [6, 6.07) is -0.623. The number of rotatable bonds is 1. The minimum atomic E-state index is -0.623. The van der Waals surface area contributed by atoms with Crippen molar-refractivity contribution in [2.75, 3.05) is 0 Å². The van der Waals surface area contributed by atoms with Crippen LogP contribution in [-0.2, 0) is 4.79 Å². The second-order valence-electron chi connectivity index (χ2n) is 1.77. The number of hydrogen-bond donors (Lipinski definition) is 1. The van der Waals surface area contributed by atoms with E-state index in [0.29, 0.717) is 5.57 Å². The zero-order valence-corrected chi connectivity index (χ0v) is 6.96. The van der Waals surface area contributed by atoms with Crippen LogP contribution in [0.1, 0.15) is 0 Å². The molecule has 0 fully saturated rings. The van der Waals surface area contributed by atoms with Crippen LogP contribution in [-0.4, -0.2) is 11.9 Å². The maximum Gasteiger partial charge on any atom is 0.347 e. The minimum absolute atomic E-state index is 0.349. The molecule has 57 valence electrons. The number of carbonyl (C=O) groups excluding carboxylic acids is 2. The lowest BCUT2D eigenvalue weighted by atomic mass is 10.2. The summed E-state index contributed by atoms with van der Waals surface area (Å²) in [4.78, 5) is 22.8. The summed E-state index contributed by atoms with van der Waals surface area (Å²) in [6.07, 6.45) is 2.73. The smallest absolute Gasteiger partial charge is 0.272 e. The Hall–Kier alpha value is -1.10. The van der Waals surface area contributed by atoms with Gasteiger partial charge in [0.25, 0.3) is 5.91 Å². The number of urea groups is 1. The van der Waals surface area contributed by atoms with Crippen LogP contribution >= 0.6 is 15.9 Å². The SMILES string of the molecule is O=C1[N]C=C(C=CBr)C(=O)N1. The summed E-state index contributed by atoms with van der Waals surface area (Å²) >= 11 is 3.00. The average Bonchev–Trinajstić information content (AvgIpc) is 1.95. The zero-order chi connectivity index (χ0) is 8.27. The fourth-order valence-corrected chi connectivity index (χ4v) is 0.860. The second kappa shape index (κ2) is 3.34. The molecule has 11 heavy (non-hydrogen) atoms. The first-order chi connectivity index (χ1) is 5.24. The number of carbonyl (C=O) groups is 2. The Labute approximate surface area is 71.5 Å². The molecule has 1 heterocycles. The fraction of sp³-hybridized carbons (Fsp3) is 0. The molecule has 1 aliphatic rings. The van der Waals surface area contributed by atoms with Crippen LogP contribution in [0.3, 0.4) is 0 Å². The zero-order valence-electron chi connectivity index (χ0n) is 5.37. The van der Waals surface area contributed by atoms with Crippen molar-refractivity contribution in [2.24, 2.45) is 0 Å². The third kappa shape index (κ3) is 1.91. The van der Waals surface area contributed by atoms with Gasteiger partial charge in [-0.25, -0.2) is 10.1 Å². The quantitative estimate of drug-likeness (QED) is 0.698. The molecule has 0 aromatic heterocycles. The summed E-state index contributed by atoms with van der Waals surface area (Å²) in [5, 5.41) is 5.40. The van der Waals surface area contributed by atoms with Crippen LogP contribution in [0, 0.1) is 0 Å². The third-order valence-corrected chi connectivity index (χ3v) is 1.31. The molecule has 5 heteroatoms. The number of nitrogens with one attached hydrogen (secondary N) is 1. The van der Waals surface area contributed by atoms with E-state index in [-0.39, 0.29) is 0 Å². The maximum atomic E-state index is 10.9. The van der Waals surface area contributed by atoms with E-state index in [1.165, 1.54) is 17.3 Å². The van der Waals surface area contributed by atoms with Gasteiger partial charge in [0.05, 0.1) is 5.57 Å². The monoisotopic (exact) mass is 215 g/mol. The van der Waals surface area contributed by atoms with Crippen molar-refractivity contribution >= 4 is 27.9 Å². The Morgan fingerprint density at radius 1 is 1.55 bits per heavy atom. The summed E-state index contributed by atoms with van der Waals surface area (Å²) in [5.41, 5.74) is 0.349. The van der Waals surface area contributed by atoms with E-state index in [9.17, 15) is 9.59 Å². The second-order valence-corrected chi connectivity index (χ2v) is 2.29. The molecule has 0 bridgehead atoms. The third-order valence-electron chi connectivity index (χ3n) is 1.05. The molecule has 0 spiro atoms. The molecule has 4 nitrogen and oxygen atoms in total. The van der Waals surface area contributed by atoms with Crippen LogP contribution < -0.4 is 10.6 Å². The van der Waals surface area contributed by atoms with Gasteiger partial charge in [-0.2, -0.15) is 0 Å². The topological polar surface area (TPSA) is 60.3 Å². The molecule has 0 unspecified atom stereocenters. The lowest BCUT2D eigenvalue weighted by Gasteiger charge is -2.07. The maximum absolute atomic E-state index is 10.9. The van der Waals surface area contributed by atoms with Gasteiger partial charge in [0.1, 0.15) is 0 Å². The molecule has 0 saturated carbocycles. The van der Waals surface area contributed by atoms with Gasteiger partial charge in [0.2, 0.25) is 0 Å². The van der Waals surface area contributed by atoms with Crippen molar-refractivity contribution in [3.63, 3.8) is 0 Å². The van der Waals surface area contributed by atoms with E-state index < -0.39 is 11.9 Å². The summed E-state index contributed by atoms with van der Waals surface area (Å²) in [5.74, 6) is -0.430. The Morgan fingerprint density at radius 3 is 2.82 bits per heavy atom. The molecule has 3 amide bonds. The van der Waals surface area contributed by atoms with Crippen molar-refractivity contribution in [2.45, 2.75) is 0 Å². The normalized spacial score (nSPS) is 17.7. The van der Waals surface area contributed by atoms with Crippen LogP contribution in [0.25, 0.3) is 0 Å². The lowest BCUT2D eigenvalue weighted by molar-refractivity contribution is -0.116. The number of amides is 3. The van der Waals surface area contributed by atoms with Gasteiger partial charge in [-0.15, -0.1) is 0 Å². The highest BCUT2D eigenvalue weighted by molar-refractivity contribution is 9.11.